The lowest BCUT2D eigenvalue weighted by molar-refractivity contribution is -0.121. The summed E-state index contributed by atoms with van der Waals surface area (Å²) in [6.45, 7) is 3.45. The molecule has 108 valence electrons. The van der Waals surface area contributed by atoms with Crippen molar-refractivity contribution >= 4 is 17.6 Å². The highest BCUT2D eigenvalue weighted by Crippen LogP contribution is 2.22. The predicted molar refractivity (Wildman–Crippen MR) is 71.9 cm³/mol. The van der Waals surface area contributed by atoms with Crippen LogP contribution in [0.25, 0.3) is 0 Å². The summed E-state index contributed by atoms with van der Waals surface area (Å²) in [6, 6.07) is 3.61. The second kappa shape index (κ2) is 6.00. The van der Waals surface area contributed by atoms with E-state index in [1.54, 1.807) is 0 Å². The highest BCUT2D eigenvalue weighted by atomic mass is 19.1. The number of hydrogen-bond acceptors (Lipinski definition) is 4. The van der Waals surface area contributed by atoms with Crippen molar-refractivity contribution in [2.45, 2.75) is 6.92 Å². The van der Waals surface area contributed by atoms with E-state index in [1.165, 1.54) is 19.2 Å². The Morgan fingerprint density at radius 1 is 1.45 bits per heavy atom. The number of nitrogens with one attached hydrogen (secondary N) is 2. The van der Waals surface area contributed by atoms with E-state index in [-0.39, 0.29) is 29.0 Å². The van der Waals surface area contributed by atoms with Gasteiger partial charge in [-0.3, -0.25) is 4.79 Å². The van der Waals surface area contributed by atoms with E-state index in [0.29, 0.717) is 0 Å². The molecule has 0 saturated carbocycles. The van der Waals surface area contributed by atoms with E-state index in [9.17, 15) is 14.0 Å². The standard InChI is InChI=1S/C14H17FN2O3/c1-8(9-6-16-7-9)13(18)17-12-4-3-10(15)5-11(12)14(19)20-2/h3-5,8-9,16H,6-7H2,1-2H3,(H,17,18). The van der Waals surface area contributed by atoms with Crippen LogP contribution >= 0.6 is 0 Å². The molecule has 0 aromatic heterocycles. The molecular weight excluding hydrogens is 263 g/mol. The second-order valence-electron chi connectivity index (χ2n) is 4.88. The molecule has 0 spiro atoms. The quantitative estimate of drug-likeness (QED) is 0.818. The number of anilines is 1. The van der Waals surface area contributed by atoms with Gasteiger partial charge in [0.05, 0.1) is 18.4 Å². The minimum absolute atomic E-state index is 0.0137. The Balaban J connectivity index is 2.15. The lowest BCUT2D eigenvalue weighted by atomic mass is 9.88. The van der Waals surface area contributed by atoms with Gasteiger partial charge in [-0.1, -0.05) is 6.92 Å². The fourth-order valence-electron chi connectivity index (χ4n) is 2.03. The number of hydrogen-bond donors (Lipinski definition) is 2. The molecule has 20 heavy (non-hydrogen) atoms. The zero-order chi connectivity index (χ0) is 14.7. The van der Waals surface area contributed by atoms with Gasteiger partial charge in [0, 0.05) is 5.92 Å². The molecule has 1 aromatic carbocycles. The molecule has 1 aliphatic heterocycles. The number of carbonyl (C=O) groups excluding carboxylic acids is 2. The SMILES string of the molecule is COC(=O)c1cc(F)ccc1NC(=O)C(C)C1CNC1. The van der Waals surface area contributed by atoms with E-state index in [0.717, 1.165) is 19.2 Å². The first-order valence-corrected chi connectivity index (χ1v) is 6.42. The molecular formula is C14H17FN2O3. The van der Waals surface area contributed by atoms with Gasteiger partial charge in [-0.2, -0.15) is 0 Å². The zero-order valence-corrected chi connectivity index (χ0v) is 11.4. The Bertz CT molecular complexity index is 529. The average Bonchev–Trinajstić information content (AvgIpc) is 2.37. The number of esters is 1. The molecule has 0 bridgehead atoms. The van der Waals surface area contributed by atoms with Crippen molar-refractivity contribution in [3.05, 3.63) is 29.6 Å². The fraction of sp³-hybridized carbons (Fsp3) is 0.429. The molecule has 5 nitrogen and oxygen atoms in total. The number of carbonyl (C=O) groups is 2. The minimum Gasteiger partial charge on any atom is -0.465 e. The first-order chi connectivity index (χ1) is 9.52. The molecule has 1 amide bonds. The Morgan fingerprint density at radius 2 is 2.15 bits per heavy atom. The molecule has 1 fully saturated rings. The van der Waals surface area contributed by atoms with Crippen molar-refractivity contribution in [1.82, 2.24) is 5.32 Å². The summed E-state index contributed by atoms with van der Waals surface area (Å²) < 4.78 is 17.8. The maximum atomic E-state index is 13.2. The number of halogens is 1. The van der Waals surface area contributed by atoms with Crippen LogP contribution in [0.1, 0.15) is 17.3 Å². The van der Waals surface area contributed by atoms with Crippen LogP contribution < -0.4 is 10.6 Å². The molecule has 1 heterocycles. The number of methoxy groups -OCH3 is 1. The van der Waals surface area contributed by atoms with Crippen LogP contribution in [0.15, 0.2) is 18.2 Å². The Morgan fingerprint density at radius 3 is 2.70 bits per heavy atom. The van der Waals surface area contributed by atoms with Crippen molar-refractivity contribution in [3.63, 3.8) is 0 Å². The maximum Gasteiger partial charge on any atom is 0.340 e. The van der Waals surface area contributed by atoms with Crippen LogP contribution in [0.4, 0.5) is 10.1 Å². The monoisotopic (exact) mass is 280 g/mol. The van der Waals surface area contributed by atoms with E-state index in [1.807, 2.05) is 6.92 Å². The highest BCUT2D eigenvalue weighted by molar-refractivity contribution is 6.01. The van der Waals surface area contributed by atoms with E-state index in [4.69, 9.17) is 0 Å². The van der Waals surface area contributed by atoms with Crippen LogP contribution in [0.2, 0.25) is 0 Å². The van der Waals surface area contributed by atoms with Crippen molar-refractivity contribution in [2.24, 2.45) is 11.8 Å². The first kappa shape index (κ1) is 14.5. The van der Waals surface area contributed by atoms with E-state index < -0.39 is 11.8 Å². The van der Waals surface area contributed by atoms with Crippen molar-refractivity contribution in [3.8, 4) is 0 Å². The van der Waals surface area contributed by atoms with Crippen molar-refractivity contribution in [1.29, 1.82) is 0 Å². The number of benzene rings is 1. The summed E-state index contributed by atoms with van der Waals surface area (Å²) in [5.74, 6) is -1.31. The second-order valence-corrected chi connectivity index (χ2v) is 4.88. The number of amides is 1. The third-order valence-electron chi connectivity index (χ3n) is 3.58. The molecule has 1 atom stereocenters. The van der Waals surface area contributed by atoms with Crippen LogP contribution in [-0.2, 0) is 9.53 Å². The molecule has 6 heteroatoms. The summed E-state index contributed by atoms with van der Waals surface area (Å²) in [4.78, 5) is 23.7. The molecule has 2 rings (SSSR count). The Hall–Kier alpha value is -1.95. The van der Waals surface area contributed by atoms with E-state index >= 15 is 0 Å². The maximum absolute atomic E-state index is 13.2. The molecule has 1 aliphatic rings. The largest absolute Gasteiger partial charge is 0.465 e. The van der Waals surface area contributed by atoms with Crippen LogP contribution in [-0.4, -0.2) is 32.1 Å². The van der Waals surface area contributed by atoms with Crippen molar-refractivity contribution in [2.75, 3.05) is 25.5 Å². The normalized spacial score (nSPS) is 16.1. The van der Waals surface area contributed by atoms with Gasteiger partial charge in [0.2, 0.25) is 5.91 Å². The predicted octanol–water partition coefficient (Wildman–Crippen LogP) is 1.41. The van der Waals surface area contributed by atoms with Gasteiger partial charge in [-0.15, -0.1) is 0 Å². The van der Waals surface area contributed by atoms with Gasteiger partial charge in [0.25, 0.3) is 0 Å². The average molecular weight is 280 g/mol. The third-order valence-corrected chi connectivity index (χ3v) is 3.58. The van der Waals surface area contributed by atoms with Crippen LogP contribution in [0.5, 0.6) is 0 Å². The first-order valence-electron chi connectivity index (χ1n) is 6.42. The zero-order valence-electron chi connectivity index (χ0n) is 11.4. The Kier molecular flexibility index (Phi) is 4.34. The summed E-state index contributed by atoms with van der Waals surface area (Å²) in [7, 11) is 1.21. The van der Waals surface area contributed by atoms with E-state index in [2.05, 4.69) is 15.4 Å². The number of rotatable bonds is 4. The lowest BCUT2D eigenvalue weighted by Gasteiger charge is -2.31. The fourth-order valence-corrected chi connectivity index (χ4v) is 2.03. The van der Waals surface area contributed by atoms with Gasteiger partial charge >= 0.3 is 5.97 Å². The minimum atomic E-state index is -0.683. The van der Waals surface area contributed by atoms with Gasteiger partial charge in [0.1, 0.15) is 5.82 Å². The molecule has 1 aromatic rings. The molecule has 0 radical (unpaired) electrons. The molecule has 2 N–H and O–H groups in total. The van der Waals surface area contributed by atoms with Gasteiger partial charge < -0.3 is 15.4 Å². The summed E-state index contributed by atoms with van der Waals surface area (Å²) in [5.41, 5.74) is 0.280. The Labute approximate surface area is 116 Å². The summed E-state index contributed by atoms with van der Waals surface area (Å²) >= 11 is 0. The van der Waals surface area contributed by atoms with Crippen LogP contribution in [0.3, 0.4) is 0 Å². The summed E-state index contributed by atoms with van der Waals surface area (Å²) in [6.07, 6.45) is 0. The topological polar surface area (TPSA) is 67.4 Å². The van der Waals surface area contributed by atoms with Crippen LogP contribution in [0, 0.1) is 17.7 Å². The number of ether oxygens (including phenoxy) is 1. The molecule has 1 unspecified atom stereocenters. The third kappa shape index (κ3) is 2.96. The summed E-state index contributed by atoms with van der Waals surface area (Å²) in [5, 5.41) is 5.77. The van der Waals surface area contributed by atoms with Gasteiger partial charge in [-0.05, 0) is 37.2 Å². The van der Waals surface area contributed by atoms with Crippen molar-refractivity contribution < 1.29 is 18.7 Å². The lowest BCUT2D eigenvalue weighted by Crippen LogP contribution is -2.48. The molecule has 1 saturated heterocycles. The van der Waals surface area contributed by atoms with Gasteiger partial charge in [-0.25, -0.2) is 9.18 Å². The smallest absolute Gasteiger partial charge is 0.340 e. The molecule has 0 aliphatic carbocycles. The highest BCUT2D eigenvalue weighted by Gasteiger charge is 2.29. The van der Waals surface area contributed by atoms with Gasteiger partial charge in [0.15, 0.2) is 0 Å².